The number of unbranched alkanes of at least 4 members (excludes halogenated alkanes) is 24. The maximum atomic E-state index is 10.9. The van der Waals surface area contributed by atoms with Crippen molar-refractivity contribution in [1.82, 2.24) is 0 Å². The van der Waals surface area contributed by atoms with Gasteiger partial charge in [0.2, 0.25) is 10.2 Å². The van der Waals surface area contributed by atoms with E-state index in [0.717, 1.165) is 38.5 Å². The van der Waals surface area contributed by atoms with E-state index >= 15 is 0 Å². The summed E-state index contributed by atoms with van der Waals surface area (Å²) in [5.41, 5.74) is 0. The molecule has 0 N–H and O–H groups in total. The quantitative estimate of drug-likeness (QED) is 0.0694. The zero-order valence-corrected chi connectivity index (χ0v) is 34.5. The number of carbonyl (C=O) groups is 2. The van der Waals surface area contributed by atoms with Gasteiger partial charge in [-0.05, 0) is 12.8 Å². The first-order valence-electron chi connectivity index (χ1n) is 16.9. The Balaban J connectivity index is -0.000000348. The van der Waals surface area contributed by atoms with E-state index in [1.807, 2.05) is 0 Å². The van der Waals surface area contributed by atoms with Gasteiger partial charge in [-0.1, -0.05) is 168 Å². The minimum atomic E-state index is -4.71. The average Bonchev–Trinajstić information content (AvgIpc) is 2.93. The molecule has 0 rings (SSSR count). The molecule has 0 bridgehead atoms. The summed E-state index contributed by atoms with van der Waals surface area (Å²) < 4.78 is 62.3. The second-order valence-electron chi connectivity index (χ2n) is 11.6. The van der Waals surface area contributed by atoms with Gasteiger partial charge in [-0.15, -0.1) is 0 Å². The predicted octanol–water partition coefficient (Wildman–Crippen LogP) is 3.09. The maximum Gasteiger partial charge on any atom is 1.00 e. The average molecular weight is 685 g/mol. The van der Waals surface area contributed by atoms with Crippen LogP contribution in [-0.2, 0) is 29.8 Å². The molecule has 0 spiro atoms. The van der Waals surface area contributed by atoms with Crippen LogP contribution in [0.5, 0.6) is 0 Å². The Bertz CT molecular complexity index is 780. The molecule has 0 aromatic rings. The Morgan fingerprint density at radius 3 is 0.682 bits per heavy atom. The zero-order valence-electron chi connectivity index (χ0n) is 28.9. The van der Waals surface area contributed by atoms with E-state index in [4.69, 9.17) is 0 Å². The van der Waals surface area contributed by atoms with E-state index in [9.17, 15) is 35.5 Å². The molecule has 0 unspecified atom stereocenters. The van der Waals surface area contributed by atoms with Crippen molar-refractivity contribution < 1.29 is 94.6 Å². The third-order valence-corrected chi connectivity index (χ3v) is 9.05. The smallest absolute Gasteiger partial charge is 0.742 e. The van der Waals surface area contributed by atoms with Crippen LogP contribution in [-0.4, -0.2) is 36.2 Å². The van der Waals surface area contributed by atoms with E-state index in [1.165, 1.54) is 116 Å². The van der Waals surface area contributed by atoms with E-state index in [1.54, 1.807) is 0 Å². The largest absolute Gasteiger partial charge is 1.00 e. The molecule has 0 saturated carbocycles. The van der Waals surface area contributed by atoms with Gasteiger partial charge in [0.15, 0.2) is 20.2 Å². The second kappa shape index (κ2) is 37.0. The number of hydrogen-bond donors (Lipinski definition) is 0. The Kier molecular flexibility index (Phi) is 43.7. The molecule has 0 aromatic heterocycles. The van der Waals surface area contributed by atoms with Gasteiger partial charge in [0.1, 0.15) is 0 Å². The normalized spacial score (nSPS) is 11.2. The zero-order chi connectivity index (χ0) is 32.0. The van der Waals surface area contributed by atoms with Gasteiger partial charge in [0, 0.05) is 12.8 Å². The standard InChI is InChI=1S/2C16H32O4S.2Na/c2*1-2-3-4-5-6-7-8-9-10-11-12-13-14-15-16(17)21(18,19)20;;/h2*2-15H2,1H3,(H,18,19,20);;/q;;2*+1/p-2. The molecule has 0 atom stereocenters. The fourth-order valence-electron chi connectivity index (χ4n) is 4.82. The molecule has 0 fully saturated rings. The molecular weight excluding hydrogens is 622 g/mol. The monoisotopic (exact) mass is 684 g/mol. The van der Waals surface area contributed by atoms with Crippen LogP contribution in [0, 0.1) is 0 Å². The molecule has 0 aromatic carbocycles. The summed E-state index contributed by atoms with van der Waals surface area (Å²) in [6, 6.07) is 0. The minimum Gasteiger partial charge on any atom is -0.742 e. The Morgan fingerprint density at radius 2 is 0.523 bits per heavy atom. The van der Waals surface area contributed by atoms with Crippen LogP contribution in [0.15, 0.2) is 0 Å². The van der Waals surface area contributed by atoms with Gasteiger partial charge in [-0.25, -0.2) is 16.8 Å². The Hall–Kier alpha value is 1.16. The number of rotatable bonds is 28. The van der Waals surface area contributed by atoms with E-state index in [-0.39, 0.29) is 72.0 Å². The van der Waals surface area contributed by atoms with Gasteiger partial charge in [-0.3, -0.25) is 9.59 Å². The molecule has 44 heavy (non-hydrogen) atoms. The number of hydrogen-bond acceptors (Lipinski definition) is 8. The van der Waals surface area contributed by atoms with E-state index < -0.39 is 30.5 Å². The fourth-order valence-corrected chi connectivity index (χ4v) is 5.61. The molecule has 8 nitrogen and oxygen atoms in total. The van der Waals surface area contributed by atoms with Crippen LogP contribution in [0.2, 0.25) is 0 Å². The molecule has 0 heterocycles. The third-order valence-electron chi connectivity index (χ3n) is 7.53. The maximum absolute atomic E-state index is 10.9. The SMILES string of the molecule is CCCCCCCCCCCCCCCC(=O)S(=O)(=O)[O-].CCCCCCCCCCCCCCCC(=O)S(=O)(=O)[O-].[Na+].[Na+]. The third kappa shape index (κ3) is 41.2. The predicted molar refractivity (Wildman–Crippen MR) is 170 cm³/mol. The van der Waals surface area contributed by atoms with E-state index in [2.05, 4.69) is 13.8 Å². The number of carbonyl (C=O) groups excluding carboxylic acids is 2. The van der Waals surface area contributed by atoms with Crippen LogP contribution in [0.1, 0.15) is 194 Å². The van der Waals surface area contributed by atoms with Crippen molar-refractivity contribution in [2.24, 2.45) is 0 Å². The first-order valence-corrected chi connectivity index (χ1v) is 19.8. The summed E-state index contributed by atoms with van der Waals surface area (Å²) in [6.07, 6.45) is 30.5. The first-order chi connectivity index (χ1) is 20.0. The molecule has 0 aliphatic carbocycles. The van der Waals surface area contributed by atoms with Crippen molar-refractivity contribution in [3.63, 3.8) is 0 Å². The summed E-state index contributed by atoms with van der Waals surface area (Å²) in [6.45, 7) is 4.46. The Labute approximate surface area is 315 Å². The van der Waals surface area contributed by atoms with Crippen molar-refractivity contribution in [3.8, 4) is 0 Å². The summed E-state index contributed by atoms with van der Waals surface area (Å²) in [5.74, 6) is 0. The van der Waals surface area contributed by atoms with E-state index in [0.29, 0.717) is 12.8 Å². The van der Waals surface area contributed by atoms with Crippen LogP contribution in [0.4, 0.5) is 0 Å². The first kappa shape index (κ1) is 52.0. The van der Waals surface area contributed by atoms with Crippen LogP contribution < -0.4 is 59.1 Å². The molecule has 0 aliphatic rings. The fraction of sp³-hybridized carbons (Fsp3) is 0.938. The summed E-state index contributed by atoms with van der Waals surface area (Å²) in [4.78, 5) is 21.7. The van der Waals surface area contributed by atoms with Crippen molar-refractivity contribution in [2.75, 3.05) is 0 Å². The summed E-state index contributed by atoms with van der Waals surface area (Å²) >= 11 is 0. The van der Waals surface area contributed by atoms with Crippen molar-refractivity contribution >= 4 is 30.5 Å². The molecule has 0 amide bonds. The Morgan fingerprint density at radius 1 is 0.364 bits per heavy atom. The van der Waals surface area contributed by atoms with Crippen LogP contribution in [0.25, 0.3) is 0 Å². The molecule has 252 valence electrons. The van der Waals surface area contributed by atoms with Gasteiger partial charge in [0.05, 0.1) is 0 Å². The van der Waals surface area contributed by atoms with Crippen molar-refractivity contribution in [1.29, 1.82) is 0 Å². The minimum absolute atomic E-state index is 0. The molecule has 0 radical (unpaired) electrons. The van der Waals surface area contributed by atoms with Crippen LogP contribution >= 0.6 is 0 Å². The van der Waals surface area contributed by atoms with Gasteiger partial charge in [-0.2, -0.15) is 0 Å². The van der Waals surface area contributed by atoms with Gasteiger partial charge in [0.25, 0.3) is 0 Å². The van der Waals surface area contributed by atoms with Gasteiger partial charge >= 0.3 is 59.1 Å². The summed E-state index contributed by atoms with van der Waals surface area (Å²) in [7, 11) is -9.42. The van der Waals surface area contributed by atoms with Crippen molar-refractivity contribution in [2.45, 2.75) is 194 Å². The van der Waals surface area contributed by atoms with Crippen molar-refractivity contribution in [3.05, 3.63) is 0 Å². The molecular formula is C32H62Na2O8S2. The molecule has 0 aliphatic heterocycles. The van der Waals surface area contributed by atoms with Crippen LogP contribution in [0.3, 0.4) is 0 Å². The van der Waals surface area contributed by atoms with Gasteiger partial charge < -0.3 is 9.11 Å². The summed E-state index contributed by atoms with van der Waals surface area (Å²) in [5, 5.41) is -2.32. The second-order valence-corrected chi connectivity index (χ2v) is 14.4. The topological polar surface area (TPSA) is 149 Å². The molecule has 0 saturated heterocycles. The molecule has 12 heteroatoms.